The molecule has 0 amide bonds. The fourth-order valence-corrected chi connectivity index (χ4v) is 1.47. The number of methoxy groups -OCH3 is 2. The quantitative estimate of drug-likeness (QED) is 0.795. The van der Waals surface area contributed by atoms with Crippen LogP contribution in [-0.4, -0.2) is 37.9 Å². The topological polar surface area (TPSA) is 47.9 Å². The van der Waals surface area contributed by atoms with Gasteiger partial charge in [-0.05, 0) is 24.6 Å². The maximum absolute atomic E-state index is 9.36. The molecule has 4 nitrogen and oxygen atoms in total. The second-order valence-corrected chi connectivity index (χ2v) is 3.93. The van der Waals surface area contributed by atoms with Gasteiger partial charge >= 0.3 is 0 Å². The van der Waals surface area contributed by atoms with Crippen molar-refractivity contribution < 1.29 is 19.3 Å². The zero-order valence-electron chi connectivity index (χ0n) is 10.2. The number of hydrogen-bond donors (Lipinski definition) is 1. The number of ether oxygens (including phenoxy) is 3. The number of aryl methyl sites for hydroxylation is 1. The molecule has 0 aromatic heterocycles. The molecule has 1 atom stereocenters. The predicted octanol–water partition coefficient (Wildman–Crippen LogP) is 1.99. The molecule has 0 heterocycles. The second kappa shape index (κ2) is 6.57. The molecule has 0 saturated heterocycles. The van der Waals surface area contributed by atoms with E-state index in [1.54, 1.807) is 14.2 Å². The monoisotopic (exact) mass is 260 g/mol. The molecule has 5 heteroatoms. The number of hydrogen-bond acceptors (Lipinski definition) is 4. The lowest BCUT2D eigenvalue weighted by atomic mass is 10.2. The van der Waals surface area contributed by atoms with Crippen LogP contribution in [0.1, 0.15) is 5.56 Å². The number of rotatable bonds is 6. The lowest BCUT2D eigenvalue weighted by Crippen LogP contribution is -2.19. The molecule has 0 radical (unpaired) electrons. The van der Waals surface area contributed by atoms with E-state index in [9.17, 15) is 5.11 Å². The van der Waals surface area contributed by atoms with Gasteiger partial charge in [-0.25, -0.2) is 0 Å². The van der Waals surface area contributed by atoms with E-state index in [2.05, 4.69) is 0 Å². The Hall–Kier alpha value is -1.13. The van der Waals surface area contributed by atoms with Crippen molar-refractivity contribution in [3.63, 3.8) is 0 Å². The Morgan fingerprint density at radius 3 is 2.18 bits per heavy atom. The summed E-state index contributed by atoms with van der Waals surface area (Å²) in [5.74, 6) is 1.74. The molecule has 96 valence electrons. The highest BCUT2D eigenvalue weighted by Gasteiger charge is 2.14. The highest BCUT2D eigenvalue weighted by Crippen LogP contribution is 2.38. The van der Waals surface area contributed by atoms with E-state index in [1.165, 1.54) is 0 Å². The fourth-order valence-electron chi connectivity index (χ4n) is 1.38. The van der Waals surface area contributed by atoms with Gasteiger partial charge in [-0.1, -0.05) is 0 Å². The van der Waals surface area contributed by atoms with Crippen molar-refractivity contribution in [2.75, 3.05) is 26.7 Å². The van der Waals surface area contributed by atoms with Crippen LogP contribution in [0, 0.1) is 6.92 Å². The molecule has 1 N–H and O–H groups in total. The van der Waals surface area contributed by atoms with Gasteiger partial charge < -0.3 is 19.3 Å². The average molecular weight is 261 g/mol. The van der Waals surface area contributed by atoms with Crippen LogP contribution in [0.4, 0.5) is 0 Å². The zero-order valence-corrected chi connectivity index (χ0v) is 11.0. The first-order chi connectivity index (χ1) is 8.12. The minimum atomic E-state index is -0.715. The number of halogens is 1. The van der Waals surface area contributed by atoms with Crippen molar-refractivity contribution in [1.29, 1.82) is 0 Å². The molecule has 1 unspecified atom stereocenters. The SMILES string of the molecule is COc1cc(C)cc(OC)c1OCC(O)CCl. The standard InChI is InChI=1S/C12H17ClO4/c1-8-4-10(15-2)12(11(5-8)16-3)17-7-9(14)6-13/h4-5,9,14H,6-7H2,1-3H3. The maximum atomic E-state index is 9.36. The van der Waals surface area contributed by atoms with E-state index >= 15 is 0 Å². The molecule has 0 bridgehead atoms. The van der Waals surface area contributed by atoms with Crippen molar-refractivity contribution >= 4 is 11.6 Å². The Labute approximate surface area is 106 Å². The first-order valence-electron chi connectivity index (χ1n) is 5.21. The summed E-state index contributed by atoms with van der Waals surface area (Å²) < 4.78 is 15.9. The smallest absolute Gasteiger partial charge is 0.203 e. The summed E-state index contributed by atoms with van der Waals surface area (Å²) in [7, 11) is 3.11. The van der Waals surface area contributed by atoms with Crippen molar-refractivity contribution in [1.82, 2.24) is 0 Å². The molecule has 0 aliphatic rings. The number of benzene rings is 1. The Balaban J connectivity index is 2.94. The summed E-state index contributed by atoms with van der Waals surface area (Å²) in [6.07, 6.45) is -0.715. The Kier molecular flexibility index (Phi) is 5.38. The van der Waals surface area contributed by atoms with Crippen molar-refractivity contribution in [3.05, 3.63) is 17.7 Å². The number of aliphatic hydroxyl groups is 1. The molecule has 0 fully saturated rings. The number of alkyl halides is 1. The lowest BCUT2D eigenvalue weighted by Gasteiger charge is -2.16. The molecule has 0 aliphatic carbocycles. The third-order valence-corrected chi connectivity index (χ3v) is 2.56. The van der Waals surface area contributed by atoms with Crippen LogP contribution in [0.25, 0.3) is 0 Å². The van der Waals surface area contributed by atoms with E-state index in [4.69, 9.17) is 25.8 Å². The van der Waals surface area contributed by atoms with E-state index in [0.717, 1.165) is 5.56 Å². The van der Waals surface area contributed by atoms with Gasteiger partial charge in [0, 0.05) is 0 Å². The molecule has 1 rings (SSSR count). The first kappa shape index (κ1) is 13.9. The van der Waals surface area contributed by atoms with Crippen LogP contribution in [0.15, 0.2) is 12.1 Å². The minimum Gasteiger partial charge on any atom is -0.493 e. The van der Waals surface area contributed by atoms with Gasteiger partial charge in [0.05, 0.1) is 20.1 Å². The van der Waals surface area contributed by atoms with Crippen molar-refractivity contribution in [2.45, 2.75) is 13.0 Å². The van der Waals surface area contributed by atoms with Gasteiger partial charge in [0.1, 0.15) is 12.7 Å². The number of aliphatic hydroxyl groups excluding tert-OH is 1. The van der Waals surface area contributed by atoms with Crippen LogP contribution in [0.2, 0.25) is 0 Å². The van der Waals surface area contributed by atoms with E-state index in [1.807, 2.05) is 19.1 Å². The molecule has 0 saturated carbocycles. The third-order valence-electron chi connectivity index (χ3n) is 2.20. The molecule has 1 aromatic carbocycles. The largest absolute Gasteiger partial charge is 0.493 e. The van der Waals surface area contributed by atoms with Crippen LogP contribution in [0.5, 0.6) is 17.2 Å². The van der Waals surface area contributed by atoms with Gasteiger partial charge in [-0.15, -0.1) is 11.6 Å². The third kappa shape index (κ3) is 3.68. The van der Waals surface area contributed by atoms with Crippen LogP contribution >= 0.6 is 11.6 Å². The minimum absolute atomic E-state index is 0.0965. The van der Waals surface area contributed by atoms with Crippen molar-refractivity contribution in [2.24, 2.45) is 0 Å². The molecule has 0 aliphatic heterocycles. The normalized spacial score (nSPS) is 12.1. The van der Waals surface area contributed by atoms with E-state index < -0.39 is 6.10 Å². The van der Waals surface area contributed by atoms with Crippen LogP contribution in [0.3, 0.4) is 0 Å². The summed E-state index contributed by atoms with van der Waals surface area (Å²) in [4.78, 5) is 0. The van der Waals surface area contributed by atoms with Crippen molar-refractivity contribution in [3.8, 4) is 17.2 Å². The summed E-state index contributed by atoms with van der Waals surface area (Å²) in [5.41, 5.74) is 1.00. The zero-order chi connectivity index (χ0) is 12.8. The molecular weight excluding hydrogens is 244 g/mol. The Morgan fingerprint density at radius 1 is 1.24 bits per heavy atom. The van der Waals surface area contributed by atoms with Gasteiger partial charge in [0.25, 0.3) is 0 Å². The summed E-state index contributed by atoms with van der Waals surface area (Å²) in [6, 6.07) is 3.68. The average Bonchev–Trinajstić information content (AvgIpc) is 2.35. The highest BCUT2D eigenvalue weighted by molar-refractivity contribution is 6.18. The summed E-state index contributed by atoms with van der Waals surface area (Å²) in [5, 5.41) is 9.36. The van der Waals surface area contributed by atoms with Gasteiger partial charge in [-0.2, -0.15) is 0 Å². The van der Waals surface area contributed by atoms with Crippen LogP contribution in [-0.2, 0) is 0 Å². The Bertz CT molecular complexity index is 343. The predicted molar refractivity (Wildman–Crippen MR) is 66.5 cm³/mol. The van der Waals surface area contributed by atoms with Gasteiger partial charge in [0.15, 0.2) is 11.5 Å². The summed E-state index contributed by atoms with van der Waals surface area (Å²) >= 11 is 5.50. The van der Waals surface area contributed by atoms with E-state index in [0.29, 0.717) is 17.2 Å². The van der Waals surface area contributed by atoms with E-state index in [-0.39, 0.29) is 12.5 Å². The molecular formula is C12H17ClO4. The second-order valence-electron chi connectivity index (χ2n) is 3.62. The maximum Gasteiger partial charge on any atom is 0.203 e. The highest BCUT2D eigenvalue weighted by atomic mass is 35.5. The lowest BCUT2D eigenvalue weighted by molar-refractivity contribution is 0.121. The van der Waals surface area contributed by atoms with Gasteiger partial charge in [-0.3, -0.25) is 0 Å². The van der Waals surface area contributed by atoms with Crippen LogP contribution < -0.4 is 14.2 Å². The first-order valence-corrected chi connectivity index (χ1v) is 5.75. The van der Waals surface area contributed by atoms with Gasteiger partial charge in [0.2, 0.25) is 5.75 Å². The molecule has 1 aromatic rings. The molecule has 0 spiro atoms. The summed E-state index contributed by atoms with van der Waals surface area (Å²) in [6.45, 7) is 2.03. The molecule has 17 heavy (non-hydrogen) atoms. The Morgan fingerprint density at radius 2 is 1.76 bits per heavy atom. The fraction of sp³-hybridized carbons (Fsp3) is 0.500.